The summed E-state index contributed by atoms with van der Waals surface area (Å²) in [4.78, 5) is 4.59. The molecule has 132 valence electrons. The predicted molar refractivity (Wildman–Crippen MR) is 102 cm³/mol. The van der Waals surface area contributed by atoms with E-state index in [9.17, 15) is 5.11 Å². The standard InChI is InChI=1S/C19H21ClN2O2S/c1-13(14-6-8-15(20)9-7-14)24-12-16(23)10-21-11-19-22-17-4-2-3-5-18(17)25-19/h2-9,13,16,21,23H,10-12H2,1H3/p+1/t13-,16+/m0/s1. The van der Waals surface area contributed by atoms with Crippen molar-refractivity contribution in [3.05, 3.63) is 64.1 Å². The zero-order chi connectivity index (χ0) is 17.6. The minimum atomic E-state index is -0.510. The fraction of sp³-hybridized carbons (Fsp3) is 0.316. The van der Waals surface area contributed by atoms with E-state index in [1.165, 1.54) is 4.70 Å². The molecule has 3 rings (SSSR count). The number of thiazole rings is 1. The number of rotatable bonds is 8. The van der Waals surface area contributed by atoms with Gasteiger partial charge in [0.25, 0.3) is 0 Å². The first-order valence-corrected chi connectivity index (χ1v) is 9.52. The van der Waals surface area contributed by atoms with E-state index < -0.39 is 6.10 Å². The lowest BCUT2D eigenvalue weighted by Gasteiger charge is -2.16. The van der Waals surface area contributed by atoms with Crippen LogP contribution in [0.3, 0.4) is 0 Å². The van der Waals surface area contributed by atoms with Crippen LogP contribution in [0, 0.1) is 0 Å². The van der Waals surface area contributed by atoms with Gasteiger partial charge >= 0.3 is 0 Å². The molecule has 1 heterocycles. The average Bonchev–Trinajstić information content (AvgIpc) is 3.03. The molecule has 0 spiro atoms. The van der Waals surface area contributed by atoms with Crippen molar-refractivity contribution >= 4 is 33.2 Å². The molecule has 2 atom stereocenters. The second-order valence-electron chi connectivity index (χ2n) is 5.98. The topological polar surface area (TPSA) is 59.0 Å². The average molecular weight is 378 g/mol. The molecule has 1 aromatic heterocycles. The number of benzene rings is 2. The Morgan fingerprint density at radius 1 is 1.20 bits per heavy atom. The molecule has 0 bridgehead atoms. The molecule has 0 aliphatic heterocycles. The van der Waals surface area contributed by atoms with Crippen molar-refractivity contribution in [3.63, 3.8) is 0 Å². The minimum absolute atomic E-state index is 0.0730. The molecule has 0 aliphatic carbocycles. The van der Waals surface area contributed by atoms with Crippen molar-refractivity contribution < 1.29 is 15.2 Å². The highest BCUT2D eigenvalue weighted by molar-refractivity contribution is 7.18. The molecule has 4 nitrogen and oxygen atoms in total. The van der Waals surface area contributed by atoms with Crippen LogP contribution in [-0.4, -0.2) is 29.3 Å². The molecule has 0 unspecified atom stereocenters. The second kappa shape index (κ2) is 8.74. The molecular weight excluding hydrogens is 356 g/mol. The molecule has 0 saturated carbocycles. The Balaban J connectivity index is 1.40. The van der Waals surface area contributed by atoms with Gasteiger partial charge in [0.05, 0.1) is 22.9 Å². The number of para-hydroxylation sites is 1. The maximum Gasteiger partial charge on any atom is 0.148 e. The summed E-state index contributed by atoms with van der Waals surface area (Å²) < 4.78 is 6.95. The molecule has 25 heavy (non-hydrogen) atoms. The highest BCUT2D eigenvalue weighted by Crippen LogP contribution is 2.21. The third-order valence-corrected chi connectivity index (χ3v) is 5.28. The summed E-state index contributed by atoms with van der Waals surface area (Å²) >= 11 is 7.59. The number of nitrogens with zero attached hydrogens (tertiary/aromatic N) is 1. The lowest BCUT2D eigenvalue weighted by atomic mass is 10.1. The molecule has 0 aliphatic rings. The third-order valence-electron chi connectivity index (χ3n) is 3.97. The summed E-state index contributed by atoms with van der Waals surface area (Å²) in [5.41, 5.74) is 2.09. The van der Waals surface area contributed by atoms with Crippen molar-refractivity contribution in [2.75, 3.05) is 13.2 Å². The number of hydrogen-bond acceptors (Lipinski definition) is 4. The third kappa shape index (κ3) is 5.23. The van der Waals surface area contributed by atoms with Crippen LogP contribution in [-0.2, 0) is 11.3 Å². The van der Waals surface area contributed by atoms with Crippen LogP contribution in [0.5, 0.6) is 0 Å². The zero-order valence-electron chi connectivity index (χ0n) is 14.1. The maximum atomic E-state index is 10.1. The monoisotopic (exact) mass is 377 g/mol. The van der Waals surface area contributed by atoms with Gasteiger partial charge in [-0.05, 0) is 36.8 Å². The Bertz CT molecular complexity index is 774. The van der Waals surface area contributed by atoms with Crippen LogP contribution in [0.1, 0.15) is 23.6 Å². The first-order chi connectivity index (χ1) is 12.1. The van der Waals surface area contributed by atoms with Gasteiger partial charge in [0, 0.05) is 5.02 Å². The van der Waals surface area contributed by atoms with E-state index in [0.717, 1.165) is 22.6 Å². The highest BCUT2D eigenvalue weighted by atomic mass is 35.5. The van der Waals surface area contributed by atoms with Gasteiger partial charge in [-0.25, -0.2) is 4.98 Å². The van der Waals surface area contributed by atoms with Crippen molar-refractivity contribution in [1.29, 1.82) is 0 Å². The Hall–Kier alpha value is -1.50. The van der Waals surface area contributed by atoms with Crippen molar-refractivity contribution in [1.82, 2.24) is 4.98 Å². The minimum Gasteiger partial charge on any atom is -0.385 e. The number of aliphatic hydroxyl groups is 1. The van der Waals surface area contributed by atoms with Gasteiger partial charge in [-0.2, -0.15) is 0 Å². The lowest BCUT2D eigenvalue weighted by molar-refractivity contribution is -0.676. The van der Waals surface area contributed by atoms with E-state index in [-0.39, 0.29) is 6.10 Å². The summed E-state index contributed by atoms with van der Waals surface area (Å²) in [5.74, 6) is 0. The van der Waals surface area contributed by atoms with Gasteiger partial charge in [0.1, 0.15) is 24.2 Å². The van der Waals surface area contributed by atoms with Gasteiger partial charge in [-0.1, -0.05) is 35.9 Å². The predicted octanol–water partition coefficient (Wildman–Crippen LogP) is 3.15. The fourth-order valence-corrected chi connectivity index (χ4v) is 3.65. The molecule has 2 aromatic carbocycles. The summed E-state index contributed by atoms with van der Waals surface area (Å²) in [6.07, 6.45) is -0.583. The SMILES string of the molecule is C[C@H](OC[C@H](O)C[NH2+]Cc1nc2ccccc2s1)c1ccc(Cl)cc1. The van der Waals surface area contributed by atoms with Crippen LogP contribution in [0.15, 0.2) is 48.5 Å². The van der Waals surface area contributed by atoms with Crippen molar-refractivity contribution in [2.45, 2.75) is 25.7 Å². The van der Waals surface area contributed by atoms with Crippen LogP contribution >= 0.6 is 22.9 Å². The van der Waals surface area contributed by atoms with Gasteiger partial charge < -0.3 is 15.2 Å². The molecule has 0 fully saturated rings. The fourth-order valence-electron chi connectivity index (χ4n) is 2.56. The smallest absolute Gasteiger partial charge is 0.148 e. The Kier molecular flexibility index (Phi) is 6.39. The first kappa shape index (κ1) is 18.3. The van der Waals surface area contributed by atoms with Crippen LogP contribution in [0.25, 0.3) is 10.2 Å². The van der Waals surface area contributed by atoms with Gasteiger partial charge in [0.2, 0.25) is 0 Å². The van der Waals surface area contributed by atoms with Gasteiger partial charge in [0.15, 0.2) is 0 Å². The van der Waals surface area contributed by atoms with E-state index in [0.29, 0.717) is 18.2 Å². The highest BCUT2D eigenvalue weighted by Gasteiger charge is 2.12. The van der Waals surface area contributed by atoms with Gasteiger partial charge in [-0.3, -0.25) is 0 Å². The number of aromatic nitrogens is 1. The molecule has 0 saturated heterocycles. The number of ether oxygens (including phenoxy) is 1. The Labute approximate surface area is 156 Å². The number of hydrogen-bond donors (Lipinski definition) is 2. The Morgan fingerprint density at radius 3 is 2.72 bits per heavy atom. The zero-order valence-corrected chi connectivity index (χ0v) is 15.6. The molecular formula is C19H22ClN2O2S+. The quantitative estimate of drug-likeness (QED) is 0.634. The number of quaternary nitrogens is 1. The number of fused-ring (bicyclic) bond motifs is 1. The summed E-state index contributed by atoms with van der Waals surface area (Å²) in [6.45, 7) is 3.63. The van der Waals surface area contributed by atoms with E-state index in [1.54, 1.807) is 11.3 Å². The van der Waals surface area contributed by atoms with Crippen LogP contribution in [0.2, 0.25) is 5.02 Å². The number of aliphatic hydroxyl groups excluding tert-OH is 1. The summed E-state index contributed by atoms with van der Waals surface area (Å²) in [6, 6.07) is 15.7. The largest absolute Gasteiger partial charge is 0.385 e. The van der Waals surface area contributed by atoms with E-state index >= 15 is 0 Å². The molecule has 0 radical (unpaired) electrons. The number of nitrogens with two attached hydrogens (primary N) is 1. The van der Waals surface area contributed by atoms with Crippen molar-refractivity contribution in [2.24, 2.45) is 0 Å². The van der Waals surface area contributed by atoms with Gasteiger partial charge in [-0.15, -0.1) is 11.3 Å². The Morgan fingerprint density at radius 2 is 1.96 bits per heavy atom. The molecule has 0 amide bonds. The van der Waals surface area contributed by atoms with Crippen LogP contribution < -0.4 is 5.32 Å². The normalized spacial score (nSPS) is 13.9. The molecule has 3 N–H and O–H groups in total. The number of halogens is 1. The van der Waals surface area contributed by atoms with E-state index in [1.807, 2.05) is 49.4 Å². The maximum absolute atomic E-state index is 10.1. The van der Waals surface area contributed by atoms with Crippen molar-refractivity contribution in [3.8, 4) is 0 Å². The first-order valence-electron chi connectivity index (χ1n) is 8.33. The molecule has 3 aromatic rings. The summed E-state index contributed by atoms with van der Waals surface area (Å²) in [5, 5.41) is 14.0. The van der Waals surface area contributed by atoms with Crippen LogP contribution in [0.4, 0.5) is 0 Å². The summed E-state index contributed by atoms with van der Waals surface area (Å²) in [7, 11) is 0. The second-order valence-corrected chi connectivity index (χ2v) is 7.54. The van der Waals surface area contributed by atoms with E-state index in [2.05, 4.69) is 16.4 Å². The molecule has 6 heteroatoms. The van der Waals surface area contributed by atoms with E-state index in [4.69, 9.17) is 16.3 Å². The lowest BCUT2D eigenvalue weighted by Crippen LogP contribution is -2.85.